The van der Waals surface area contributed by atoms with E-state index in [0.717, 1.165) is 0 Å². The van der Waals surface area contributed by atoms with E-state index in [9.17, 15) is 9.59 Å². The molecule has 14 heavy (non-hydrogen) atoms. The first-order chi connectivity index (χ1) is 6.56. The van der Waals surface area contributed by atoms with E-state index < -0.39 is 0 Å². The summed E-state index contributed by atoms with van der Waals surface area (Å²) in [7, 11) is 1.53. The Kier molecular flexibility index (Phi) is 2.86. The van der Waals surface area contributed by atoms with Gasteiger partial charge >= 0.3 is 0 Å². The minimum atomic E-state index is -0.252. The predicted molar refractivity (Wildman–Crippen MR) is 54.2 cm³/mol. The van der Waals surface area contributed by atoms with Gasteiger partial charge in [0.05, 0.1) is 5.56 Å². The molecule has 0 radical (unpaired) electrons. The molecule has 1 amide bonds. The van der Waals surface area contributed by atoms with E-state index in [1.165, 1.54) is 20.0 Å². The van der Waals surface area contributed by atoms with E-state index >= 15 is 0 Å². The lowest BCUT2D eigenvalue weighted by Crippen LogP contribution is -2.19. The minimum absolute atomic E-state index is 0.0693. The second-order valence-electron chi connectivity index (χ2n) is 2.94. The van der Waals surface area contributed by atoms with E-state index in [1.54, 1.807) is 12.1 Å². The Hall–Kier alpha value is -1.84. The fourth-order valence-corrected chi connectivity index (χ4v) is 1.12. The highest BCUT2D eigenvalue weighted by Gasteiger charge is 2.09. The third-order valence-electron chi connectivity index (χ3n) is 1.93. The molecule has 0 unspecified atom stereocenters. The first-order valence-corrected chi connectivity index (χ1v) is 4.18. The van der Waals surface area contributed by atoms with Gasteiger partial charge in [-0.05, 0) is 19.1 Å². The largest absolute Gasteiger partial charge is 0.398 e. The van der Waals surface area contributed by atoms with Crippen LogP contribution in [-0.4, -0.2) is 18.7 Å². The van der Waals surface area contributed by atoms with Crippen LogP contribution in [0.1, 0.15) is 27.6 Å². The van der Waals surface area contributed by atoms with Gasteiger partial charge in [-0.2, -0.15) is 0 Å². The zero-order valence-corrected chi connectivity index (χ0v) is 8.13. The van der Waals surface area contributed by atoms with Gasteiger partial charge in [-0.3, -0.25) is 9.59 Å². The molecule has 1 aromatic carbocycles. The quantitative estimate of drug-likeness (QED) is 0.538. The van der Waals surface area contributed by atoms with E-state index in [1.807, 2.05) is 0 Å². The van der Waals surface area contributed by atoms with Crippen molar-refractivity contribution in [2.75, 3.05) is 12.8 Å². The Morgan fingerprint density at radius 2 is 2.00 bits per heavy atom. The summed E-state index contributed by atoms with van der Waals surface area (Å²) in [6.07, 6.45) is 0. The highest BCUT2D eigenvalue weighted by Crippen LogP contribution is 2.14. The standard InChI is InChI=1S/C10H12N2O2/c1-6(13)7-3-4-8(9(11)5-7)10(14)12-2/h3-5H,11H2,1-2H3,(H,12,14). The number of carbonyl (C=O) groups is 2. The number of hydrogen-bond acceptors (Lipinski definition) is 3. The van der Waals surface area contributed by atoms with Crippen LogP contribution in [0.25, 0.3) is 0 Å². The number of amides is 1. The van der Waals surface area contributed by atoms with E-state index in [2.05, 4.69) is 5.32 Å². The Bertz CT molecular complexity index is 386. The number of Topliss-reactive ketones (excluding diaryl/α,β-unsaturated/α-hetero) is 1. The molecule has 0 saturated heterocycles. The van der Waals surface area contributed by atoms with E-state index in [0.29, 0.717) is 16.8 Å². The molecule has 4 nitrogen and oxygen atoms in total. The van der Waals surface area contributed by atoms with Crippen molar-refractivity contribution in [2.45, 2.75) is 6.92 Å². The fraction of sp³-hybridized carbons (Fsp3) is 0.200. The van der Waals surface area contributed by atoms with Crippen molar-refractivity contribution in [2.24, 2.45) is 0 Å². The topological polar surface area (TPSA) is 72.2 Å². The molecular weight excluding hydrogens is 180 g/mol. The van der Waals surface area contributed by atoms with Crippen LogP contribution in [-0.2, 0) is 0 Å². The van der Waals surface area contributed by atoms with Gasteiger partial charge in [0.25, 0.3) is 5.91 Å². The number of benzene rings is 1. The average molecular weight is 192 g/mol. The summed E-state index contributed by atoms with van der Waals surface area (Å²) in [5.74, 6) is -0.322. The molecule has 0 spiro atoms. The molecule has 0 atom stereocenters. The molecule has 1 aromatic rings. The van der Waals surface area contributed by atoms with Gasteiger partial charge in [-0.1, -0.05) is 6.07 Å². The average Bonchev–Trinajstić information content (AvgIpc) is 2.16. The number of nitrogen functional groups attached to an aromatic ring is 1. The molecule has 0 aliphatic rings. The smallest absolute Gasteiger partial charge is 0.253 e. The SMILES string of the molecule is CNC(=O)c1ccc(C(C)=O)cc1N. The summed E-state index contributed by atoms with van der Waals surface area (Å²) in [6.45, 7) is 1.45. The van der Waals surface area contributed by atoms with Crippen LogP contribution < -0.4 is 11.1 Å². The number of rotatable bonds is 2. The summed E-state index contributed by atoms with van der Waals surface area (Å²) in [5.41, 5.74) is 6.84. The molecular formula is C10H12N2O2. The maximum Gasteiger partial charge on any atom is 0.253 e. The third kappa shape index (κ3) is 1.90. The van der Waals surface area contributed by atoms with E-state index in [-0.39, 0.29) is 11.7 Å². The zero-order valence-electron chi connectivity index (χ0n) is 8.13. The molecule has 0 aliphatic carbocycles. The van der Waals surface area contributed by atoms with Crippen molar-refractivity contribution < 1.29 is 9.59 Å². The molecule has 1 rings (SSSR count). The number of nitrogens with two attached hydrogens (primary N) is 1. The first kappa shape index (κ1) is 10.2. The second kappa shape index (κ2) is 3.91. The molecule has 0 heterocycles. The van der Waals surface area contributed by atoms with Crippen molar-refractivity contribution in [3.8, 4) is 0 Å². The Morgan fingerprint density at radius 1 is 1.36 bits per heavy atom. The monoisotopic (exact) mass is 192 g/mol. The summed E-state index contributed by atoms with van der Waals surface area (Å²) >= 11 is 0. The minimum Gasteiger partial charge on any atom is -0.398 e. The molecule has 74 valence electrons. The Balaban J connectivity index is 3.14. The summed E-state index contributed by atoms with van der Waals surface area (Å²) in [4.78, 5) is 22.2. The first-order valence-electron chi connectivity index (χ1n) is 4.18. The summed E-state index contributed by atoms with van der Waals surface area (Å²) < 4.78 is 0. The molecule has 4 heteroatoms. The van der Waals surface area contributed by atoms with Crippen LogP contribution in [0, 0.1) is 0 Å². The Labute approximate surface area is 82.1 Å². The number of ketones is 1. The normalized spacial score (nSPS) is 9.57. The molecule has 0 saturated carbocycles. The molecule has 0 aromatic heterocycles. The van der Waals surface area contributed by atoms with Crippen molar-refractivity contribution in [3.05, 3.63) is 29.3 Å². The van der Waals surface area contributed by atoms with Gasteiger partial charge in [0.2, 0.25) is 0 Å². The lowest BCUT2D eigenvalue weighted by Gasteiger charge is -2.05. The maximum absolute atomic E-state index is 11.2. The number of hydrogen-bond donors (Lipinski definition) is 2. The van der Waals surface area contributed by atoms with Crippen LogP contribution in [0.15, 0.2) is 18.2 Å². The van der Waals surface area contributed by atoms with Crippen LogP contribution in [0.3, 0.4) is 0 Å². The molecule has 0 fully saturated rings. The van der Waals surface area contributed by atoms with Crippen LogP contribution in [0.5, 0.6) is 0 Å². The molecule has 0 bridgehead atoms. The second-order valence-corrected chi connectivity index (χ2v) is 2.94. The summed E-state index contributed by atoms with van der Waals surface area (Å²) in [6, 6.07) is 4.64. The highest BCUT2D eigenvalue weighted by molar-refractivity contribution is 6.02. The van der Waals surface area contributed by atoms with Crippen molar-refractivity contribution in [3.63, 3.8) is 0 Å². The predicted octanol–water partition coefficient (Wildman–Crippen LogP) is 0.831. The lowest BCUT2D eigenvalue weighted by atomic mass is 10.1. The molecule has 0 aliphatic heterocycles. The maximum atomic E-state index is 11.2. The highest BCUT2D eigenvalue weighted by atomic mass is 16.1. The van der Waals surface area contributed by atoms with Crippen molar-refractivity contribution >= 4 is 17.4 Å². The van der Waals surface area contributed by atoms with Crippen molar-refractivity contribution in [1.82, 2.24) is 5.32 Å². The Morgan fingerprint density at radius 3 is 2.43 bits per heavy atom. The number of anilines is 1. The van der Waals surface area contributed by atoms with Gasteiger partial charge < -0.3 is 11.1 Å². The van der Waals surface area contributed by atoms with Gasteiger partial charge in [0.1, 0.15) is 0 Å². The van der Waals surface area contributed by atoms with Gasteiger partial charge in [0, 0.05) is 18.3 Å². The number of carbonyl (C=O) groups excluding carboxylic acids is 2. The van der Waals surface area contributed by atoms with Crippen LogP contribution in [0.2, 0.25) is 0 Å². The third-order valence-corrected chi connectivity index (χ3v) is 1.93. The van der Waals surface area contributed by atoms with Crippen LogP contribution >= 0.6 is 0 Å². The van der Waals surface area contributed by atoms with Crippen LogP contribution in [0.4, 0.5) is 5.69 Å². The number of nitrogens with one attached hydrogen (secondary N) is 1. The van der Waals surface area contributed by atoms with Crippen molar-refractivity contribution in [1.29, 1.82) is 0 Å². The van der Waals surface area contributed by atoms with Gasteiger partial charge in [-0.25, -0.2) is 0 Å². The zero-order chi connectivity index (χ0) is 10.7. The fourth-order valence-electron chi connectivity index (χ4n) is 1.12. The molecule has 3 N–H and O–H groups in total. The lowest BCUT2D eigenvalue weighted by molar-refractivity contribution is 0.0961. The van der Waals surface area contributed by atoms with Gasteiger partial charge in [-0.15, -0.1) is 0 Å². The van der Waals surface area contributed by atoms with E-state index in [4.69, 9.17) is 5.73 Å². The summed E-state index contributed by atoms with van der Waals surface area (Å²) in [5, 5.41) is 2.47. The van der Waals surface area contributed by atoms with Gasteiger partial charge in [0.15, 0.2) is 5.78 Å².